The number of nitrogens with zero attached hydrogens (tertiary/aromatic N) is 7. The van der Waals surface area contributed by atoms with Gasteiger partial charge in [-0.1, -0.05) is 25.9 Å². The molecule has 8 heteroatoms. The predicted octanol–water partition coefficient (Wildman–Crippen LogP) is 1.73. The smallest absolute Gasteiger partial charge is 0.178 e. The van der Waals surface area contributed by atoms with Crippen molar-refractivity contribution in [2.45, 2.75) is 38.8 Å². The molecule has 0 amide bonds. The van der Waals surface area contributed by atoms with Gasteiger partial charge in [-0.05, 0) is 19.2 Å². The maximum absolute atomic E-state index is 4.90. The molecular weight excluding hydrogens is 318 g/mol. The Morgan fingerprint density at radius 2 is 2.04 bits per heavy atom. The zero-order valence-electron chi connectivity index (χ0n) is 15.0. The Balaban J connectivity index is 1.47. The topological polar surface area (TPSA) is 75.6 Å². The van der Waals surface area contributed by atoms with Gasteiger partial charge in [-0.15, -0.1) is 15.3 Å². The van der Waals surface area contributed by atoms with E-state index in [1.807, 2.05) is 16.6 Å². The minimum atomic E-state index is -0.0959. The number of fused-ring (bicyclic) bond motifs is 1. The van der Waals surface area contributed by atoms with Crippen molar-refractivity contribution >= 4 is 11.5 Å². The summed E-state index contributed by atoms with van der Waals surface area (Å²) in [6.07, 6.45) is 3.46. The van der Waals surface area contributed by atoms with Crippen LogP contribution in [0.25, 0.3) is 5.65 Å². The van der Waals surface area contributed by atoms with E-state index in [0.717, 1.165) is 42.5 Å². The third kappa shape index (κ3) is 2.97. The maximum atomic E-state index is 4.90. The summed E-state index contributed by atoms with van der Waals surface area (Å²) in [5.74, 6) is 1.85. The van der Waals surface area contributed by atoms with Gasteiger partial charge >= 0.3 is 0 Å². The van der Waals surface area contributed by atoms with E-state index in [2.05, 4.69) is 53.0 Å². The van der Waals surface area contributed by atoms with Crippen LogP contribution in [0.4, 0.5) is 5.82 Å². The molecule has 0 atom stereocenters. The van der Waals surface area contributed by atoms with Gasteiger partial charge in [0.2, 0.25) is 0 Å². The van der Waals surface area contributed by atoms with Crippen LogP contribution in [0.15, 0.2) is 29.1 Å². The van der Waals surface area contributed by atoms with Crippen LogP contribution in [-0.2, 0) is 12.0 Å². The molecule has 132 valence electrons. The van der Waals surface area contributed by atoms with Gasteiger partial charge in [0.25, 0.3) is 0 Å². The fraction of sp³-hybridized carbons (Fsp3) is 0.529. The molecule has 8 nitrogen and oxygen atoms in total. The Morgan fingerprint density at radius 3 is 2.72 bits per heavy atom. The first-order valence-corrected chi connectivity index (χ1v) is 8.48. The number of hydrogen-bond acceptors (Lipinski definition) is 7. The molecule has 0 saturated carbocycles. The lowest BCUT2D eigenvalue weighted by Gasteiger charge is -2.44. The summed E-state index contributed by atoms with van der Waals surface area (Å²) in [6, 6.07) is 4.50. The van der Waals surface area contributed by atoms with Gasteiger partial charge in [-0.2, -0.15) is 4.52 Å². The number of hydrogen-bond donors (Lipinski definition) is 0. The van der Waals surface area contributed by atoms with Crippen molar-refractivity contribution in [3.05, 3.63) is 36.0 Å². The van der Waals surface area contributed by atoms with Crippen LogP contribution in [0.3, 0.4) is 0 Å². The normalized spacial score (nSPS) is 16.0. The average Bonchev–Trinajstić information content (AvgIpc) is 3.13. The minimum absolute atomic E-state index is 0.0959. The van der Waals surface area contributed by atoms with Gasteiger partial charge in [-0.3, -0.25) is 4.90 Å². The summed E-state index contributed by atoms with van der Waals surface area (Å²) < 4.78 is 6.76. The van der Waals surface area contributed by atoms with Crippen LogP contribution < -0.4 is 4.90 Å². The van der Waals surface area contributed by atoms with Crippen molar-refractivity contribution < 1.29 is 4.52 Å². The summed E-state index contributed by atoms with van der Waals surface area (Å²) in [7, 11) is 2.13. The average molecular weight is 341 g/mol. The second-order valence-corrected chi connectivity index (χ2v) is 7.74. The molecule has 25 heavy (non-hydrogen) atoms. The largest absolute Gasteiger partial charge is 0.364 e. The highest BCUT2D eigenvalue weighted by atomic mass is 16.5. The van der Waals surface area contributed by atoms with Crippen molar-refractivity contribution in [1.82, 2.24) is 29.9 Å². The molecule has 1 fully saturated rings. The molecule has 0 spiro atoms. The lowest BCUT2D eigenvalue weighted by Crippen LogP contribution is -2.58. The van der Waals surface area contributed by atoms with Gasteiger partial charge < -0.3 is 9.42 Å². The van der Waals surface area contributed by atoms with Crippen LogP contribution in [-0.4, -0.2) is 56.0 Å². The molecule has 4 rings (SSSR count). The van der Waals surface area contributed by atoms with Crippen molar-refractivity contribution in [2.24, 2.45) is 0 Å². The van der Waals surface area contributed by atoms with Crippen LogP contribution in [0.2, 0.25) is 0 Å². The lowest BCUT2D eigenvalue weighted by molar-refractivity contribution is 0.196. The second kappa shape index (κ2) is 5.80. The van der Waals surface area contributed by atoms with Crippen molar-refractivity contribution in [3.63, 3.8) is 0 Å². The zero-order valence-corrected chi connectivity index (χ0v) is 15.0. The molecule has 0 bridgehead atoms. The zero-order chi connectivity index (χ0) is 17.6. The number of anilines is 1. The molecule has 3 aromatic rings. The van der Waals surface area contributed by atoms with Crippen molar-refractivity contribution in [1.29, 1.82) is 0 Å². The first kappa shape index (κ1) is 16.0. The van der Waals surface area contributed by atoms with Gasteiger partial charge in [0, 0.05) is 36.7 Å². The van der Waals surface area contributed by atoms with E-state index in [-0.39, 0.29) is 5.41 Å². The minimum Gasteiger partial charge on any atom is -0.364 e. The third-order valence-corrected chi connectivity index (χ3v) is 4.64. The highest BCUT2D eigenvalue weighted by Gasteiger charge is 2.32. The molecule has 1 aliphatic heterocycles. The molecule has 1 saturated heterocycles. The highest BCUT2D eigenvalue weighted by Crippen LogP contribution is 2.25. The van der Waals surface area contributed by atoms with Crippen molar-refractivity contribution in [3.8, 4) is 0 Å². The summed E-state index contributed by atoms with van der Waals surface area (Å²) in [6.45, 7) is 9.11. The van der Waals surface area contributed by atoms with E-state index in [1.54, 1.807) is 12.5 Å². The molecule has 0 N–H and O–H groups in total. The van der Waals surface area contributed by atoms with Gasteiger partial charge in [-0.25, -0.2) is 0 Å². The Hall–Kier alpha value is -2.48. The molecular formula is C17H23N7O. The predicted molar refractivity (Wildman–Crippen MR) is 93.5 cm³/mol. The van der Waals surface area contributed by atoms with Crippen molar-refractivity contribution in [2.75, 3.05) is 25.0 Å². The van der Waals surface area contributed by atoms with E-state index in [9.17, 15) is 0 Å². The first-order valence-electron chi connectivity index (χ1n) is 8.48. The Bertz CT molecular complexity index is 859. The fourth-order valence-electron chi connectivity index (χ4n) is 3.06. The maximum Gasteiger partial charge on any atom is 0.178 e. The SMILES string of the molecule is CN(Cc1cnoc1)C1CN(c2ccc3nnc(C(C)(C)C)n3n2)C1. The quantitative estimate of drug-likeness (QED) is 0.715. The molecule has 0 radical (unpaired) electrons. The summed E-state index contributed by atoms with van der Waals surface area (Å²) in [5.41, 5.74) is 1.79. The van der Waals surface area contributed by atoms with Crippen LogP contribution in [0.5, 0.6) is 0 Å². The standard InChI is InChI=1S/C17H23N7O/c1-17(2,3)16-20-19-14-5-6-15(21-24(14)16)23-9-13(10-23)22(4)8-12-7-18-25-11-12/h5-7,11,13H,8-10H2,1-4H3. The lowest BCUT2D eigenvalue weighted by atomic mass is 9.96. The molecule has 0 aliphatic carbocycles. The van der Waals surface area contributed by atoms with E-state index in [4.69, 9.17) is 9.62 Å². The monoisotopic (exact) mass is 341 g/mol. The molecule has 1 aliphatic rings. The first-order chi connectivity index (χ1) is 11.9. The molecule has 4 heterocycles. The van der Waals surface area contributed by atoms with Crippen LogP contribution in [0, 0.1) is 0 Å². The van der Waals surface area contributed by atoms with Gasteiger partial charge in [0.15, 0.2) is 11.5 Å². The third-order valence-electron chi connectivity index (χ3n) is 4.64. The summed E-state index contributed by atoms with van der Waals surface area (Å²) in [4.78, 5) is 4.60. The van der Waals surface area contributed by atoms with E-state index < -0.39 is 0 Å². The fourth-order valence-corrected chi connectivity index (χ4v) is 3.06. The van der Waals surface area contributed by atoms with E-state index in [0.29, 0.717) is 6.04 Å². The Kier molecular flexibility index (Phi) is 3.72. The number of rotatable bonds is 4. The summed E-state index contributed by atoms with van der Waals surface area (Å²) >= 11 is 0. The number of likely N-dealkylation sites (N-methyl/N-ethyl adjacent to an activating group) is 1. The van der Waals surface area contributed by atoms with Gasteiger partial charge in [0.05, 0.1) is 6.20 Å². The van der Waals surface area contributed by atoms with Crippen LogP contribution >= 0.6 is 0 Å². The Morgan fingerprint density at radius 1 is 1.24 bits per heavy atom. The van der Waals surface area contributed by atoms with E-state index >= 15 is 0 Å². The summed E-state index contributed by atoms with van der Waals surface area (Å²) in [5, 5.41) is 17.1. The van der Waals surface area contributed by atoms with E-state index in [1.165, 1.54) is 0 Å². The number of aromatic nitrogens is 5. The highest BCUT2D eigenvalue weighted by molar-refractivity contribution is 5.48. The second-order valence-electron chi connectivity index (χ2n) is 7.74. The molecule has 0 unspecified atom stereocenters. The molecule has 0 aromatic carbocycles. The Labute approximate surface area is 146 Å². The van der Waals surface area contributed by atoms with Gasteiger partial charge in [0.1, 0.15) is 12.1 Å². The molecule has 3 aromatic heterocycles. The van der Waals surface area contributed by atoms with Crippen LogP contribution in [0.1, 0.15) is 32.2 Å².